The smallest absolute Gasteiger partial charge is 0.257 e. The van der Waals surface area contributed by atoms with E-state index in [0.717, 1.165) is 37.3 Å². The number of hydrogen-bond acceptors (Lipinski definition) is 5. The number of halogens is 1. The van der Waals surface area contributed by atoms with Crippen LogP contribution in [0.3, 0.4) is 0 Å². The van der Waals surface area contributed by atoms with Crippen LogP contribution in [0.2, 0.25) is 0 Å². The van der Waals surface area contributed by atoms with Crippen molar-refractivity contribution in [3.63, 3.8) is 0 Å². The highest BCUT2D eigenvalue weighted by Crippen LogP contribution is 2.24. The molecule has 0 spiro atoms. The number of amides is 1. The van der Waals surface area contributed by atoms with Gasteiger partial charge in [-0.2, -0.15) is 5.10 Å². The molecule has 1 saturated heterocycles. The van der Waals surface area contributed by atoms with Crippen molar-refractivity contribution < 1.29 is 13.9 Å². The number of rotatable bonds is 4. The molecule has 0 atom stereocenters. The van der Waals surface area contributed by atoms with Crippen LogP contribution in [0, 0.1) is 5.82 Å². The zero-order chi connectivity index (χ0) is 19.5. The largest absolute Gasteiger partial charge is 0.493 e. The van der Waals surface area contributed by atoms with Crippen LogP contribution in [-0.4, -0.2) is 63.6 Å². The molecule has 0 bridgehead atoms. The highest BCUT2D eigenvalue weighted by Gasteiger charge is 2.24. The van der Waals surface area contributed by atoms with Crippen LogP contribution >= 0.6 is 0 Å². The number of fused-ring (bicyclic) bond motifs is 1. The number of carbonyl (C=O) groups is 1. The second-order valence-corrected chi connectivity index (χ2v) is 6.80. The van der Waals surface area contributed by atoms with Gasteiger partial charge in [-0.25, -0.2) is 13.9 Å². The van der Waals surface area contributed by atoms with Crippen molar-refractivity contribution in [2.75, 3.05) is 33.3 Å². The summed E-state index contributed by atoms with van der Waals surface area (Å²) in [6.45, 7) is 3.53. The van der Waals surface area contributed by atoms with Gasteiger partial charge >= 0.3 is 0 Å². The zero-order valence-corrected chi connectivity index (χ0v) is 15.7. The lowest BCUT2D eigenvalue weighted by atomic mass is 10.1. The van der Waals surface area contributed by atoms with Gasteiger partial charge in [0.1, 0.15) is 0 Å². The van der Waals surface area contributed by atoms with E-state index in [9.17, 15) is 9.18 Å². The number of benzene rings is 1. The van der Waals surface area contributed by atoms with E-state index in [1.165, 1.54) is 19.2 Å². The van der Waals surface area contributed by atoms with E-state index < -0.39 is 5.82 Å². The Morgan fingerprint density at radius 3 is 2.96 bits per heavy atom. The second-order valence-electron chi connectivity index (χ2n) is 6.80. The molecular formula is C20H22FN5O2. The first-order chi connectivity index (χ1) is 13.7. The Morgan fingerprint density at radius 2 is 2.11 bits per heavy atom. The van der Waals surface area contributed by atoms with Gasteiger partial charge in [-0.3, -0.25) is 9.69 Å². The van der Waals surface area contributed by atoms with Crippen molar-refractivity contribution in [1.29, 1.82) is 0 Å². The summed E-state index contributed by atoms with van der Waals surface area (Å²) in [6.07, 6.45) is 6.32. The summed E-state index contributed by atoms with van der Waals surface area (Å²) >= 11 is 0. The lowest BCUT2D eigenvalue weighted by Crippen LogP contribution is -2.35. The number of aromatic nitrogens is 3. The standard InChI is InChI=1S/C20H22FN5O2/c1-28-18-16(5-2-6-17(18)21)20(27)25-9-4-8-24(11-12-25)14-15-13-23-26-10-3-7-22-19(15)26/h2-3,5-7,10,13H,4,8-9,11-12,14H2,1H3. The predicted octanol–water partition coefficient (Wildman–Crippen LogP) is 2.23. The molecule has 8 heteroatoms. The molecule has 7 nitrogen and oxygen atoms in total. The Morgan fingerprint density at radius 1 is 1.21 bits per heavy atom. The molecule has 28 heavy (non-hydrogen) atoms. The molecular weight excluding hydrogens is 361 g/mol. The summed E-state index contributed by atoms with van der Waals surface area (Å²) < 4.78 is 20.8. The van der Waals surface area contributed by atoms with Crippen molar-refractivity contribution in [3.05, 3.63) is 59.8 Å². The first kappa shape index (κ1) is 18.4. The maximum atomic E-state index is 13.9. The molecule has 4 rings (SSSR count). The maximum absolute atomic E-state index is 13.9. The Kier molecular flexibility index (Phi) is 5.21. The molecule has 0 radical (unpaired) electrons. The van der Waals surface area contributed by atoms with E-state index >= 15 is 0 Å². The van der Waals surface area contributed by atoms with Crippen LogP contribution in [0.1, 0.15) is 22.3 Å². The van der Waals surface area contributed by atoms with E-state index in [0.29, 0.717) is 13.1 Å². The monoisotopic (exact) mass is 383 g/mol. The highest BCUT2D eigenvalue weighted by molar-refractivity contribution is 5.97. The van der Waals surface area contributed by atoms with Crippen LogP contribution in [-0.2, 0) is 6.54 Å². The Hall–Kier alpha value is -3.00. The number of para-hydroxylation sites is 1. The molecule has 0 saturated carbocycles. The fourth-order valence-corrected chi connectivity index (χ4v) is 3.62. The van der Waals surface area contributed by atoms with Crippen molar-refractivity contribution in [3.8, 4) is 5.75 Å². The van der Waals surface area contributed by atoms with Gasteiger partial charge in [-0.1, -0.05) is 6.07 Å². The molecule has 1 amide bonds. The highest BCUT2D eigenvalue weighted by atomic mass is 19.1. The first-order valence-corrected chi connectivity index (χ1v) is 9.28. The fraction of sp³-hybridized carbons (Fsp3) is 0.350. The molecule has 0 N–H and O–H groups in total. The minimum absolute atomic E-state index is 0.00559. The number of ether oxygens (including phenoxy) is 1. The fourth-order valence-electron chi connectivity index (χ4n) is 3.62. The topological polar surface area (TPSA) is 63.0 Å². The van der Waals surface area contributed by atoms with Gasteiger partial charge in [0.2, 0.25) is 0 Å². The van der Waals surface area contributed by atoms with E-state index in [2.05, 4.69) is 15.0 Å². The third kappa shape index (κ3) is 3.55. The summed E-state index contributed by atoms with van der Waals surface area (Å²) in [5, 5.41) is 4.33. The minimum Gasteiger partial charge on any atom is -0.493 e. The number of methoxy groups -OCH3 is 1. The molecule has 1 fully saturated rings. The van der Waals surface area contributed by atoms with Crippen molar-refractivity contribution >= 4 is 11.6 Å². The maximum Gasteiger partial charge on any atom is 0.257 e. The second kappa shape index (κ2) is 7.93. The molecule has 1 aliphatic heterocycles. The lowest BCUT2D eigenvalue weighted by molar-refractivity contribution is 0.0757. The van der Waals surface area contributed by atoms with E-state index in [-0.39, 0.29) is 17.2 Å². The molecule has 0 aliphatic carbocycles. The minimum atomic E-state index is -0.523. The summed E-state index contributed by atoms with van der Waals surface area (Å²) in [5.74, 6) is -0.715. The first-order valence-electron chi connectivity index (χ1n) is 9.28. The summed E-state index contributed by atoms with van der Waals surface area (Å²) in [7, 11) is 1.38. The average molecular weight is 383 g/mol. The van der Waals surface area contributed by atoms with Crippen molar-refractivity contribution in [1.82, 2.24) is 24.4 Å². The van der Waals surface area contributed by atoms with E-state index in [4.69, 9.17) is 4.74 Å². The van der Waals surface area contributed by atoms with Gasteiger partial charge < -0.3 is 9.64 Å². The Balaban J connectivity index is 1.45. The van der Waals surface area contributed by atoms with Gasteiger partial charge in [0.05, 0.1) is 18.9 Å². The van der Waals surface area contributed by atoms with Crippen LogP contribution in [0.5, 0.6) is 5.75 Å². The average Bonchev–Trinajstić information content (AvgIpc) is 2.97. The number of nitrogens with zero attached hydrogens (tertiary/aromatic N) is 5. The van der Waals surface area contributed by atoms with Gasteiger partial charge in [0.25, 0.3) is 5.91 Å². The van der Waals surface area contributed by atoms with Crippen LogP contribution < -0.4 is 4.74 Å². The molecule has 2 aromatic heterocycles. The summed E-state index contributed by atoms with van der Waals surface area (Å²) in [5.41, 5.74) is 2.18. The molecule has 3 heterocycles. The lowest BCUT2D eigenvalue weighted by Gasteiger charge is -2.22. The Bertz CT molecular complexity index is 990. The number of hydrogen-bond donors (Lipinski definition) is 0. The third-order valence-electron chi connectivity index (χ3n) is 5.02. The van der Waals surface area contributed by atoms with Crippen LogP contribution in [0.4, 0.5) is 4.39 Å². The van der Waals surface area contributed by atoms with E-state index in [1.54, 1.807) is 21.7 Å². The number of carbonyl (C=O) groups excluding carboxylic acids is 1. The van der Waals surface area contributed by atoms with Crippen LogP contribution in [0.25, 0.3) is 5.65 Å². The molecule has 1 aromatic carbocycles. The molecule has 1 aliphatic rings. The predicted molar refractivity (Wildman–Crippen MR) is 102 cm³/mol. The molecule has 146 valence electrons. The molecule has 0 unspecified atom stereocenters. The van der Waals surface area contributed by atoms with Crippen LogP contribution in [0.15, 0.2) is 42.9 Å². The molecule has 3 aromatic rings. The van der Waals surface area contributed by atoms with Gasteiger partial charge in [0.15, 0.2) is 17.2 Å². The Labute approximate surface area is 162 Å². The van der Waals surface area contributed by atoms with Crippen molar-refractivity contribution in [2.45, 2.75) is 13.0 Å². The van der Waals surface area contributed by atoms with Crippen molar-refractivity contribution in [2.24, 2.45) is 0 Å². The zero-order valence-electron chi connectivity index (χ0n) is 15.7. The summed E-state index contributed by atoms with van der Waals surface area (Å²) in [6, 6.07) is 6.29. The third-order valence-corrected chi connectivity index (χ3v) is 5.02. The quantitative estimate of drug-likeness (QED) is 0.691. The van der Waals surface area contributed by atoms with E-state index in [1.807, 2.05) is 18.5 Å². The SMILES string of the molecule is COc1c(F)cccc1C(=O)N1CCCN(Cc2cnn3cccnc23)CC1. The van der Waals surface area contributed by atoms with Gasteiger partial charge in [0, 0.05) is 50.7 Å². The van der Waals surface area contributed by atoms with Gasteiger partial charge in [-0.05, 0) is 24.6 Å². The van der Waals surface area contributed by atoms with Gasteiger partial charge in [-0.15, -0.1) is 0 Å². The normalized spacial score (nSPS) is 15.6. The summed E-state index contributed by atoms with van der Waals surface area (Å²) in [4.78, 5) is 21.4.